The summed E-state index contributed by atoms with van der Waals surface area (Å²) in [5.74, 6) is -1.53. The molecule has 1 amide bonds. The first kappa shape index (κ1) is 20.5. The maximum atomic E-state index is 13.4. The highest BCUT2D eigenvalue weighted by Gasteiger charge is 2.22. The van der Waals surface area contributed by atoms with Crippen LogP contribution in [0.3, 0.4) is 0 Å². The number of halogens is 1. The first-order valence-electron chi connectivity index (χ1n) is 9.24. The number of nitrogens with zero attached hydrogens (tertiary/aromatic N) is 2. The van der Waals surface area contributed by atoms with Crippen LogP contribution >= 0.6 is 0 Å². The molecule has 3 rings (SSSR count). The van der Waals surface area contributed by atoms with Gasteiger partial charge >= 0.3 is 0 Å². The molecular weight excluding hydrogens is 377 g/mol. The van der Waals surface area contributed by atoms with Crippen molar-refractivity contribution in [3.63, 3.8) is 0 Å². The zero-order chi connectivity index (χ0) is 21.1. The Bertz CT molecular complexity index is 1140. The number of aromatic hydroxyl groups is 1. The Balaban J connectivity index is 2.06. The smallest absolute Gasteiger partial charge is 0.267 e. The molecule has 0 aliphatic carbocycles. The Kier molecular flexibility index (Phi) is 5.93. The number of aromatic nitrogens is 2. The molecule has 0 unspecified atom stereocenters. The average Bonchev–Trinajstić information content (AvgIpc) is 2.71. The van der Waals surface area contributed by atoms with Crippen LogP contribution in [0.2, 0.25) is 0 Å². The lowest BCUT2D eigenvalue weighted by Gasteiger charge is -2.13. The van der Waals surface area contributed by atoms with Crippen molar-refractivity contribution < 1.29 is 19.4 Å². The van der Waals surface area contributed by atoms with Gasteiger partial charge in [0.2, 0.25) is 0 Å². The quantitative estimate of drug-likeness (QED) is 0.588. The van der Waals surface area contributed by atoms with Crippen molar-refractivity contribution in [2.24, 2.45) is 7.05 Å². The molecule has 152 valence electrons. The summed E-state index contributed by atoms with van der Waals surface area (Å²) in [6.07, 6.45) is 2.57. The van der Waals surface area contributed by atoms with Gasteiger partial charge in [0, 0.05) is 19.8 Å². The molecule has 8 heteroatoms. The van der Waals surface area contributed by atoms with E-state index in [1.165, 1.54) is 29.9 Å². The Hall–Kier alpha value is -3.26. The molecule has 0 fully saturated rings. The van der Waals surface area contributed by atoms with Gasteiger partial charge in [0.15, 0.2) is 5.75 Å². The number of carbonyl (C=O) groups excluding carboxylic acids is 1. The summed E-state index contributed by atoms with van der Waals surface area (Å²) in [5.41, 5.74) is 1.43. The van der Waals surface area contributed by atoms with Gasteiger partial charge in [-0.25, -0.2) is 4.39 Å². The molecule has 29 heavy (non-hydrogen) atoms. The number of aliphatic hydroxyl groups is 1. The number of carbonyl (C=O) groups is 1. The van der Waals surface area contributed by atoms with E-state index >= 15 is 0 Å². The number of aliphatic hydroxyl groups excluding tert-OH is 1. The van der Waals surface area contributed by atoms with E-state index in [4.69, 9.17) is 0 Å². The van der Waals surface area contributed by atoms with Crippen LogP contribution in [0.4, 0.5) is 4.39 Å². The summed E-state index contributed by atoms with van der Waals surface area (Å²) in [5, 5.41) is 22.6. The highest BCUT2D eigenvalue weighted by Crippen LogP contribution is 2.26. The van der Waals surface area contributed by atoms with Crippen LogP contribution in [0.5, 0.6) is 5.75 Å². The largest absolute Gasteiger partial charge is 0.505 e. The number of hydrogen-bond donors (Lipinski definition) is 3. The number of pyridine rings is 2. The van der Waals surface area contributed by atoms with Gasteiger partial charge < -0.3 is 20.1 Å². The average molecular weight is 399 g/mol. The van der Waals surface area contributed by atoms with Gasteiger partial charge in [-0.2, -0.15) is 0 Å². The van der Waals surface area contributed by atoms with Gasteiger partial charge in [0.05, 0.1) is 12.1 Å². The van der Waals surface area contributed by atoms with Crippen molar-refractivity contribution in [3.8, 4) is 5.75 Å². The molecule has 0 saturated carbocycles. The summed E-state index contributed by atoms with van der Waals surface area (Å²) in [6.45, 7) is 1.96. The third kappa shape index (κ3) is 3.97. The van der Waals surface area contributed by atoms with E-state index in [0.717, 1.165) is 5.56 Å². The van der Waals surface area contributed by atoms with E-state index < -0.39 is 23.0 Å². The second-order valence-corrected chi connectivity index (χ2v) is 6.80. The fourth-order valence-corrected chi connectivity index (χ4v) is 3.19. The van der Waals surface area contributed by atoms with E-state index in [9.17, 15) is 24.2 Å². The zero-order valence-corrected chi connectivity index (χ0v) is 16.2. The van der Waals surface area contributed by atoms with E-state index in [-0.39, 0.29) is 17.7 Å². The Morgan fingerprint density at radius 2 is 2.03 bits per heavy atom. The van der Waals surface area contributed by atoms with Gasteiger partial charge in [-0.05, 0) is 47.7 Å². The number of aryl methyl sites for hydroxylation is 1. The molecule has 2 aromatic heterocycles. The number of nitrogens with one attached hydrogen (secondary N) is 1. The number of fused-ring (bicyclic) bond motifs is 1. The molecule has 0 aliphatic rings. The van der Waals surface area contributed by atoms with Crippen molar-refractivity contribution in [1.82, 2.24) is 14.9 Å². The van der Waals surface area contributed by atoms with Gasteiger partial charge in [-0.3, -0.25) is 14.6 Å². The van der Waals surface area contributed by atoms with E-state index in [1.54, 1.807) is 12.1 Å². The molecule has 2 heterocycles. The Morgan fingerprint density at radius 3 is 2.72 bits per heavy atom. The SMILES string of the molecule is CCCNC(=O)c1c(O)c2ncc(Cc3ccc(F)cc3CO)cc2n(C)c1=O. The molecule has 0 atom stereocenters. The first-order valence-corrected chi connectivity index (χ1v) is 9.24. The van der Waals surface area contributed by atoms with Crippen molar-refractivity contribution in [2.75, 3.05) is 6.54 Å². The molecule has 3 aromatic rings. The second-order valence-electron chi connectivity index (χ2n) is 6.80. The standard InChI is InChI=1S/C21H22FN3O4/c1-3-6-23-20(28)17-19(27)18-16(25(2)21(17)29)8-12(10-24-18)7-13-4-5-15(22)9-14(13)11-26/h4-5,8-10,26-27H,3,6-7,11H2,1-2H3,(H,23,28). The van der Waals surface area contributed by atoms with Gasteiger partial charge in [-0.1, -0.05) is 13.0 Å². The fraction of sp³-hybridized carbons (Fsp3) is 0.286. The van der Waals surface area contributed by atoms with E-state index in [2.05, 4.69) is 10.3 Å². The lowest BCUT2D eigenvalue weighted by molar-refractivity contribution is 0.0949. The summed E-state index contributed by atoms with van der Waals surface area (Å²) >= 11 is 0. The van der Waals surface area contributed by atoms with Crippen LogP contribution in [0.1, 0.15) is 40.4 Å². The summed E-state index contributed by atoms with van der Waals surface area (Å²) < 4.78 is 14.6. The van der Waals surface area contributed by atoms with Crippen LogP contribution in [0, 0.1) is 5.82 Å². The summed E-state index contributed by atoms with van der Waals surface area (Å²) in [4.78, 5) is 29.2. The number of benzene rings is 1. The van der Waals surface area contributed by atoms with Crippen LogP contribution < -0.4 is 10.9 Å². The number of rotatable bonds is 6. The fourth-order valence-electron chi connectivity index (χ4n) is 3.19. The lowest BCUT2D eigenvalue weighted by atomic mass is 10.0. The molecule has 0 radical (unpaired) electrons. The first-order chi connectivity index (χ1) is 13.9. The van der Waals surface area contributed by atoms with Crippen molar-refractivity contribution >= 4 is 16.9 Å². The molecule has 0 bridgehead atoms. The lowest BCUT2D eigenvalue weighted by Crippen LogP contribution is -2.33. The molecule has 3 N–H and O–H groups in total. The third-order valence-electron chi connectivity index (χ3n) is 4.76. The van der Waals surface area contributed by atoms with E-state index in [1.807, 2.05) is 6.92 Å². The molecular formula is C21H22FN3O4. The normalized spacial score (nSPS) is 11.0. The molecule has 0 saturated heterocycles. The van der Waals surface area contributed by atoms with E-state index in [0.29, 0.717) is 36.0 Å². The van der Waals surface area contributed by atoms with Gasteiger partial charge in [-0.15, -0.1) is 0 Å². The maximum Gasteiger partial charge on any atom is 0.267 e. The summed E-state index contributed by atoms with van der Waals surface area (Å²) in [6, 6.07) is 5.85. The minimum Gasteiger partial charge on any atom is -0.505 e. The van der Waals surface area contributed by atoms with Crippen molar-refractivity contribution in [2.45, 2.75) is 26.4 Å². The monoisotopic (exact) mass is 399 g/mol. The molecule has 0 spiro atoms. The zero-order valence-electron chi connectivity index (χ0n) is 16.2. The highest BCUT2D eigenvalue weighted by molar-refractivity contribution is 6.01. The third-order valence-corrected chi connectivity index (χ3v) is 4.76. The maximum absolute atomic E-state index is 13.4. The Morgan fingerprint density at radius 1 is 1.28 bits per heavy atom. The van der Waals surface area contributed by atoms with Crippen LogP contribution in [-0.4, -0.2) is 32.2 Å². The second kappa shape index (κ2) is 8.40. The van der Waals surface area contributed by atoms with Gasteiger partial charge in [0.25, 0.3) is 11.5 Å². The number of hydrogen-bond acceptors (Lipinski definition) is 5. The summed E-state index contributed by atoms with van der Waals surface area (Å²) in [7, 11) is 1.50. The van der Waals surface area contributed by atoms with Crippen LogP contribution in [-0.2, 0) is 20.1 Å². The predicted molar refractivity (Wildman–Crippen MR) is 106 cm³/mol. The van der Waals surface area contributed by atoms with Crippen LogP contribution in [0.15, 0.2) is 35.3 Å². The Labute approximate surface area is 166 Å². The minimum atomic E-state index is -0.642. The minimum absolute atomic E-state index is 0.138. The predicted octanol–water partition coefficient (Wildman–Crippen LogP) is 2.00. The van der Waals surface area contributed by atoms with Crippen molar-refractivity contribution in [1.29, 1.82) is 0 Å². The van der Waals surface area contributed by atoms with Gasteiger partial charge in [0.1, 0.15) is 16.9 Å². The number of amides is 1. The van der Waals surface area contributed by atoms with Crippen molar-refractivity contribution in [3.05, 3.63) is 68.9 Å². The molecule has 0 aliphatic heterocycles. The molecule has 7 nitrogen and oxygen atoms in total. The topological polar surface area (TPSA) is 104 Å². The highest BCUT2D eigenvalue weighted by atomic mass is 19.1. The molecule has 1 aromatic carbocycles. The van der Waals surface area contributed by atoms with Crippen LogP contribution in [0.25, 0.3) is 11.0 Å².